The highest BCUT2D eigenvalue weighted by Crippen LogP contribution is 2.27. The Morgan fingerprint density at radius 3 is 2.56 bits per heavy atom. The molecular formula is C22H27N3O2. The molecule has 1 fully saturated rings. The second kappa shape index (κ2) is 8.33. The van der Waals surface area contributed by atoms with Crippen molar-refractivity contribution in [2.24, 2.45) is 0 Å². The molecule has 1 aliphatic carbocycles. The number of para-hydroxylation sites is 1. The maximum absolute atomic E-state index is 12.8. The molecule has 0 unspecified atom stereocenters. The van der Waals surface area contributed by atoms with Gasteiger partial charge in [0.05, 0.1) is 0 Å². The largest absolute Gasteiger partial charge is 0.349 e. The Morgan fingerprint density at radius 1 is 1.11 bits per heavy atom. The number of nitrogens with zero attached hydrogens (tertiary/aromatic N) is 1. The summed E-state index contributed by atoms with van der Waals surface area (Å²) < 4.78 is 0. The zero-order valence-corrected chi connectivity index (χ0v) is 16.2. The van der Waals surface area contributed by atoms with Gasteiger partial charge in [0.25, 0.3) is 11.8 Å². The van der Waals surface area contributed by atoms with E-state index in [1.54, 1.807) is 12.1 Å². The van der Waals surface area contributed by atoms with E-state index in [2.05, 4.69) is 29.5 Å². The van der Waals surface area contributed by atoms with Crippen LogP contribution in [0.2, 0.25) is 0 Å². The number of nitrogens with one attached hydrogen (secondary N) is 2. The normalized spacial score (nSPS) is 14.4. The second-order valence-corrected chi connectivity index (χ2v) is 7.53. The second-order valence-electron chi connectivity index (χ2n) is 7.53. The highest BCUT2D eigenvalue weighted by molar-refractivity contribution is 6.05. The molecule has 1 heterocycles. The summed E-state index contributed by atoms with van der Waals surface area (Å²) in [5.41, 5.74) is 3.62. The van der Waals surface area contributed by atoms with Crippen molar-refractivity contribution < 1.29 is 9.59 Å². The number of carbonyl (C=O) groups excluding carboxylic acids is 2. The molecule has 0 radical (unpaired) electrons. The summed E-state index contributed by atoms with van der Waals surface area (Å²) in [7, 11) is 0. The summed E-state index contributed by atoms with van der Waals surface area (Å²) in [6.45, 7) is 6.16. The number of pyridine rings is 1. The first-order chi connectivity index (χ1) is 13.0. The molecule has 2 N–H and O–H groups in total. The lowest BCUT2D eigenvalue weighted by atomic mass is 9.98. The molecular weight excluding hydrogens is 338 g/mol. The molecule has 142 valence electrons. The summed E-state index contributed by atoms with van der Waals surface area (Å²) in [6, 6.07) is 9.43. The Kier molecular flexibility index (Phi) is 5.89. The van der Waals surface area contributed by atoms with E-state index in [1.165, 1.54) is 6.20 Å². The summed E-state index contributed by atoms with van der Waals surface area (Å²) in [5, 5.41) is 6.03. The van der Waals surface area contributed by atoms with Gasteiger partial charge in [-0.05, 0) is 48.9 Å². The van der Waals surface area contributed by atoms with Crippen molar-refractivity contribution in [1.82, 2.24) is 10.3 Å². The van der Waals surface area contributed by atoms with Crippen LogP contribution in [0.25, 0.3) is 0 Å². The van der Waals surface area contributed by atoms with Crippen LogP contribution in [0.3, 0.4) is 0 Å². The van der Waals surface area contributed by atoms with E-state index in [-0.39, 0.29) is 29.5 Å². The van der Waals surface area contributed by atoms with Crippen molar-refractivity contribution in [2.75, 3.05) is 5.32 Å². The van der Waals surface area contributed by atoms with Crippen LogP contribution in [-0.4, -0.2) is 22.8 Å². The van der Waals surface area contributed by atoms with Crippen LogP contribution in [0.5, 0.6) is 0 Å². The fourth-order valence-electron chi connectivity index (χ4n) is 3.55. The van der Waals surface area contributed by atoms with Crippen molar-refractivity contribution in [1.29, 1.82) is 0 Å². The van der Waals surface area contributed by atoms with Crippen molar-refractivity contribution in [3.63, 3.8) is 0 Å². The first kappa shape index (κ1) is 19.1. The van der Waals surface area contributed by atoms with E-state index in [9.17, 15) is 9.59 Å². The first-order valence-electron chi connectivity index (χ1n) is 9.63. The Balaban J connectivity index is 1.77. The SMILES string of the molecule is Cc1cccc(C(C)C)c1NC(=O)c1cc(C(=O)NC2CCCC2)ccn1. The molecule has 0 spiro atoms. The van der Waals surface area contributed by atoms with Gasteiger partial charge in [-0.3, -0.25) is 14.6 Å². The molecule has 0 bridgehead atoms. The molecule has 0 saturated heterocycles. The smallest absolute Gasteiger partial charge is 0.274 e. The van der Waals surface area contributed by atoms with Gasteiger partial charge >= 0.3 is 0 Å². The Hall–Kier alpha value is -2.69. The van der Waals surface area contributed by atoms with Crippen molar-refractivity contribution in [2.45, 2.75) is 58.4 Å². The Morgan fingerprint density at radius 2 is 1.85 bits per heavy atom. The highest BCUT2D eigenvalue weighted by atomic mass is 16.2. The molecule has 5 nitrogen and oxygen atoms in total. The Labute approximate surface area is 160 Å². The molecule has 3 rings (SSSR count). The van der Waals surface area contributed by atoms with Crippen LogP contribution in [0, 0.1) is 6.92 Å². The number of hydrogen-bond donors (Lipinski definition) is 2. The lowest BCUT2D eigenvalue weighted by Gasteiger charge is -2.16. The molecule has 27 heavy (non-hydrogen) atoms. The van der Waals surface area contributed by atoms with Crippen molar-refractivity contribution >= 4 is 17.5 Å². The lowest BCUT2D eigenvalue weighted by Crippen LogP contribution is -2.32. The number of rotatable bonds is 5. The fourth-order valence-corrected chi connectivity index (χ4v) is 3.55. The van der Waals surface area contributed by atoms with Gasteiger partial charge in [-0.15, -0.1) is 0 Å². The van der Waals surface area contributed by atoms with E-state index >= 15 is 0 Å². The predicted octanol–water partition coefficient (Wildman–Crippen LogP) is 4.44. The van der Waals surface area contributed by atoms with Gasteiger partial charge in [-0.2, -0.15) is 0 Å². The quantitative estimate of drug-likeness (QED) is 0.823. The van der Waals surface area contributed by atoms with Gasteiger partial charge in [-0.1, -0.05) is 44.9 Å². The lowest BCUT2D eigenvalue weighted by molar-refractivity contribution is 0.0937. The van der Waals surface area contributed by atoms with Crippen LogP contribution >= 0.6 is 0 Å². The third kappa shape index (κ3) is 4.54. The minimum Gasteiger partial charge on any atom is -0.349 e. The maximum Gasteiger partial charge on any atom is 0.274 e. The summed E-state index contributed by atoms with van der Waals surface area (Å²) in [5.74, 6) is -0.157. The molecule has 2 aromatic rings. The monoisotopic (exact) mass is 365 g/mol. The van der Waals surface area contributed by atoms with E-state index in [0.29, 0.717) is 5.56 Å². The molecule has 2 amide bonds. The van der Waals surface area contributed by atoms with Crippen LogP contribution < -0.4 is 10.6 Å². The Bertz CT molecular complexity index is 839. The van der Waals surface area contributed by atoms with E-state index in [4.69, 9.17) is 0 Å². The summed E-state index contributed by atoms with van der Waals surface area (Å²) in [4.78, 5) is 29.4. The minimum absolute atomic E-state index is 0.142. The number of aryl methyl sites for hydroxylation is 1. The molecule has 5 heteroatoms. The summed E-state index contributed by atoms with van der Waals surface area (Å²) >= 11 is 0. The molecule has 1 aliphatic rings. The average molecular weight is 365 g/mol. The van der Waals surface area contributed by atoms with Gasteiger partial charge in [-0.25, -0.2) is 0 Å². The topological polar surface area (TPSA) is 71.1 Å². The van der Waals surface area contributed by atoms with Gasteiger partial charge in [0.15, 0.2) is 0 Å². The molecule has 0 atom stereocenters. The zero-order chi connectivity index (χ0) is 19.4. The van der Waals surface area contributed by atoms with Gasteiger partial charge < -0.3 is 10.6 Å². The van der Waals surface area contributed by atoms with Gasteiger partial charge in [0.2, 0.25) is 0 Å². The fraction of sp³-hybridized carbons (Fsp3) is 0.409. The molecule has 1 aromatic carbocycles. The van der Waals surface area contributed by atoms with Crippen LogP contribution in [-0.2, 0) is 0 Å². The third-order valence-corrected chi connectivity index (χ3v) is 5.11. The van der Waals surface area contributed by atoms with E-state index in [1.807, 2.05) is 25.1 Å². The van der Waals surface area contributed by atoms with Crippen LogP contribution in [0.1, 0.15) is 77.4 Å². The molecule has 1 aromatic heterocycles. The zero-order valence-electron chi connectivity index (χ0n) is 16.2. The van der Waals surface area contributed by atoms with E-state index in [0.717, 1.165) is 42.5 Å². The molecule has 1 saturated carbocycles. The number of amides is 2. The van der Waals surface area contributed by atoms with E-state index < -0.39 is 0 Å². The van der Waals surface area contributed by atoms with Crippen LogP contribution in [0.4, 0.5) is 5.69 Å². The standard InChI is InChI=1S/C22H27N3O2/c1-14(2)18-10-6-7-15(3)20(18)25-22(27)19-13-16(11-12-23-19)21(26)24-17-8-4-5-9-17/h6-7,10-14,17H,4-5,8-9H2,1-3H3,(H,24,26)(H,25,27). The number of benzene rings is 1. The van der Waals surface area contributed by atoms with Gasteiger partial charge in [0, 0.05) is 23.5 Å². The number of anilines is 1. The number of aromatic nitrogens is 1. The minimum atomic E-state index is -0.304. The highest BCUT2D eigenvalue weighted by Gasteiger charge is 2.19. The first-order valence-corrected chi connectivity index (χ1v) is 9.63. The molecule has 0 aliphatic heterocycles. The van der Waals surface area contributed by atoms with Crippen LogP contribution in [0.15, 0.2) is 36.5 Å². The van der Waals surface area contributed by atoms with Gasteiger partial charge in [0.1, 0.15) is 5.69 Å². The third-order valence-electron chi connectivity index (χ3n) is 5.11. The van der Waals surface area contributed by atoms with Crippen molar-refractivity contribution in [3.05, 3.63) is 58.9 Å². The predicted molar refractivity (Wildman–Crippen MR) is 107 cm³/mol. The number of carbonyl (C=O) groups is 2. The number of hydrogen-bond acceptors (Lipinski definition) is 3. The maximum atomic E-state index is 12.8. The van der Waals surface area contributed by atoms with Crippen molar-refractivity contribution in [3.8, 4) is 0 Å². The summed E-state index contributed by atoms with van der Waals surface area (Å²) in [6.07, 6.45) is 5.87. The average Bonchev–Trinajstić information content (AvgIpc) is 3.16.